The highest BCUT2D eigenvalue weighted by atomic mass is 79.9. The molecule has 0 fully saturated rings. The summed E-state index contributed by atoms with van der Waals surface area (Å²) in [4.78, 5) is 11.0. The standard InChI is InChI=1S/C9H9BrClNO/c1-6(10)9(13)12-8-4-2-3-7(11)5-8/h2-6H,1H3,(H,12,13). The molecule has 1 unspecified atom stereocenters. The normalized spacial score (nSPS) is 12.2. The number of alkyl halides is 1. The molecule has 0 bridgehead atoms. The summed E-state index contributed by atoms with van der Waals surface area (Å²) >= 11 is 8.92. The molecule has 1 amide bonds. The Morgan fingerprint density at radius 2 is 2.31 bits per heavy atom. The molecule has 4 heteroatoms. The second-order valence-electron chi connectivity index (χ2n) is 2.62. The molecule has 13 heavy (non-hydrogen) atoms. The summed E-state index contributed by atoms with van der Waals surface area (Å²) < 4.78 is 0. The summed E-state index contributed by atoms with van der Waals surface area (Å²) in [7, 11) is 0. The third-order valence-corrected chi connectivity index (χ3v) is 2.10. The fourth-order valence-electron chi connectivity index (χ4n) is 0.808. The third kappa shape index (κ3) is 3.36. The Morgan fingerprint density at radius 1 is 1.62 bits per heavy atom. The topological polar surface area (TPSA) is 29.1 Å². The Labute approximate surface area is 90.4 Å². The van der Waals surface area contributed by atoms with E-state index in [1.807, 2.05) is 0 Å². The predicted octanol–water partition coefficient (Wildman–Crippen LogP) is 3.06. The number of rotatable bonds is 2. The van der Waals surface area contributed by atoms with Gasteiger partial charge in [0.2, 0.25) is 5.91 Å². The van der Waals surface area contributed by atoms with Gasteiger partial charge in [-0.2, -0.15) is 0 Å². The maximum Gasteiger partial charge on any atom is 0.237 e. The lowest BCUT2D eigenvalue weighted by Crippen LogP contribution is -2.19. The molecule has 0 aliphatic carbocycles. The number of carbonyl (C=O) groups is 1. The van der Waals surface area contributed by atoms with Crippen LogP contribution in [0.3, 0.4) is 0 Å². The molecule has 70 valence electrons. The largest absolute Gasteiger partial charge is 0.325 e. The monoisotopic (exact) mass is 261 g/mol. The molecule has 0 spiro atoms. The van der Waals surface area contributed by atoms with Gasteiger partial charge in [0.1, 0.15) is 0 Å². The van der Waals surface area contributed by atoms with Crippen molar-refractivity contribution in [3.8, 4) is 0 Å². The van der Waals surface area contributed by atoms with Gasteiger partial charge in [0, 0.05) is 10.7 Å². The maximum absolute atomic E-state index is 11.2. The molecule has 1 N–H and O–H groups in total. The van der Waals surface area contributed by atoms with E-state index in [1.54, 1.807) is 31.2 Å². The van der Waals surface area contributed by atoms with Crippen LogP contribution in [-0.2, 0) is 4.79 Å². The first-order chi connectivity index (χ1) is 6.09. The van der Waals surface area contributed by atoms with E-state index in [0.717, 1.165) is 0 Å². The molecule has 0 radical (unpaired) electrons. The van der Waals surface area contributed by atoms with Crippen LogP contribution < -0.4 is 5.32 Å². The second kappa shape index (κ2) is 4.63. The van der Waals surface area contributed by atoms with Crippen molar-refractivity contribution in [3.05, 3.63) is 29.3 Å². The zero-order chi connectivity index (χ0) is 9.84. The van der Waals surface area contributed by atoms with E-state index < -0.39 is 0 Å². The van der Waals surface area contributed by atoms with Crippen LogP contribution in [0.2, 0.25) is 5.02 Å². The minimum atomic E-state index is -0.202. The van der Waals surface area contributed by atoms with Crippen molar-refractivity contribution in [2.45, 2.75) is 11.8 Å². The van der Waals surface area contributed by atoms with Crippen LogP contribution in [-0.4, -0.2) is 10.7 Å². The van der Waals surface area contributed by atoms with Crippen LogP contribution in [0.25, 0.3) is 0 Å². The molecule has 1 rings (SSSR count). The zero-order valence-electron chi connectivity index (χ0n) is 7.05. The van der Waals surface area contributed by atoms with Crippen LogP contribution >= 0.6 is 27.5 Å². The van der Waals surface area contributed by atoms with Gasteiger partial charge in [-0.3, -0.25) is 4.79 Å². The number of carbonyl (C=O) groups excluding carboxylic acids is 1. The predicted molar refractivity (Wildman–Crippen MR) is 58.5 cm³/mol. The van der Waals surface area contributed by atoms with Gasteiger partial charge < -0.3 is 5.32 Å². The second-order valence-corrected chi connectivity index (χ2v) is 4.43. The first kappa shape index (κ1) is 10.5. The quantitative estimate of drug-likeness (QED) is 0.816. The summed E-state index contributed by atoms with van der Waals surface area (Å²) in [6.07, 6.45) is 0. The highest BCUT2D eigenvalue weighted by molar-refractivity contribution is 9.10. The van der Waals surface area contributed by atoms with Gasteiger partial charge in [0.25, 0.3) is 0 Å². The van der Waals surface area contributed by atoms with Crippen molar-refractivity contribution in [2.24, 2.45) is 0 Å². The summed E-state index contributed by atoms with van der Waals surface area (Å²) in [5.41, 5.74) is 0.712. The van der Waals surface area contributed by atoms with Gasteiger partial charge >= 0.3 is 0 Å². The van der Waals surface area contributed by atoms with Gasteiger partial charge in [-0.1, -0.05) is 33.6 Å². The van der Waals surface area contributed by atoms with Crippen LogP contribution in [0, 0.1) is 0 Å². The molecule has 0 aromatic heterocycles. The summed E-state index contributed by atoms with van der Waals surface area (Å²) in [5.74, 6) is -0.0812. The van der Waals surface area contributed by atoms with Crippen molar-refractivity contribution < 1.29 is 4.79 Å². The molecular weight excluding hydrogens is 253 g/mol. The van der Waals surface area contributed by atoms with Crippen LogP contribution in [0.5, 0.6) is 0 Å². The Balaban J connectivity index is 2.69. The number of hydrogen-bond acceptors (Lipinski definition) is 1. The molecule has 0 heterocycles. The Bertz CT molecular complexity index is 314. The van der Waals surface area contributed by atoms with Crippen molar-refractivity contribution >= 4 is 39.1 Å². The smallest absolute Gasteiger partial charge is 0.237 e. The van der Waals surface area contributed by atoms with E-state index in [1.165, 1.54) is 0 Å². The summed E-state index contributed by atoms with van der Waals surface area (Å²) in [6.45, 7) is 1.76. The molecule has 0 saturated carbocycles. The fourth-order valence-corrected chi connectivity index (χ4v) is 1.11. The molecule has 0 saturated heterocycles. The minimum Gasteiger partial charge on any atom is -0.325 e. The number of nitrogens with one attached hydrogen (secondary N) is 1. The van der Waals surface area contributed by atoms with E-state index >= 15 is 0 Å². The zero-order valence-corrected chi connectivity index (χ0v) is 9.39. The van der Waals surface area contributed by atoms with E-state index in [9.17, 15) is 4.79 Å². The van der Waals surface area contributed by atoms with Crippen LogP contribution in [0.1, 0.15) is 6.92 Å². The highest BCUT2D eigenvalue weighted by Gasteiger charge is 2.08. The van der Waals surface area contributed by atoms with Crippen molar-refractivity contribution in [1.82, 2.24) is 0 Å². The first-order valence-corrected chi connectivity index (χ1v) is 5.09. The summed E-state index contributed by atoms with van der Waals surface area (Å²) in [6, 6.07) is 7.04. The lowest BCUT2D eigenvalue weighted by Gasteiger charge is -2.06. The average molecular weight is 263 g/mol. The lowest BCUT2D eigenvalue weighted by atomic mass is 10.3. The number of hydrogen-bond donors (Lipinski definition) is 1. The maximum atomic E-state index is 11.2. The molecule has 0 aliphatic heterocycles. The molecular formula is C9H9BrClNO. The average Bonchev–Trinajstić information content (AvgIpc) is 2.04. The van der Waals surface area contributed by atoms with E-state index in [-0.39, 0.29) is 10.7 Å². The molecule has 0 aliphatic rings. The number of halogens is 2. The first-order valence-electron chi connectivity index (χ1n) is 3.80. The van der Waals surface area contributed by atoms with Crippen LogP contribution in [0.4, 0.5) is 5.69 Å². The Hall–Kier alpha value is -0.540. The minimum absolute atomic E-state index is 0.0812. The third-order valence-electron chi connectivity index (χ3n) is 1.45. The Kier molecular flexibility index (Phi) is 3.75. The SMILES string of the molecule is CC(Br)C(=O)Nc1cccc(Cl)c1. The number of amides is 1. The van der Waals surface area contributed by atoms with E-state index in [4.69, 9.17) is 11.6 Å². The van der Waals surface area contributed by atoms with Gasteiger partial charge in [-0.15, -0.1) is 0 Å². The van der Waals surface area contributed by atoms with Gasteiger partial charge in [-0.05, 0) is 25.1 Å². The number of anilines is 1. The van der Waals surface area contributed by atoms with E-state index in [2.05, 4.69) is 21.2 Å². The highest BCUT2D eigenvalue weighted by Crippen LogP contribution is 2.15. The Morgan fingerprint density at radius 3 is 2.85 bits per heavy atom. The summed E-state index contributed by atoms with van der Waals surface area (Å²) in [5, 5.41) is 3.32. The molecule has 2 nitrogen and oxygen atoms in total. The van der Waals surface area contributed by atoms with Crippen molar-refractivity contribution in [1.29, 1.82) is 0 Å². The van der Waals surface area contributed by atoms with Gasteiger partial charge in [0.05, 0.1) is 4.83 Å². The van der Waals surface area contributed by atoms with Gasteiger partial charge in [0.15, 0.2) is 0 Å². The van der Waals surface area contributed by atoms with E-state index in [0.29, 0.717) is 10.7 Å². The molecule has 1 aromatic carbocycles. The van der Waals surface area contributed by atoms with Gasteiger partial charge in [-0.25, -0.2) is 0 Å². The van der Waals surface area contributed by atoms with Crippen molar-refractivity contribution in [3.63, 3.8) is 0 Å². The fraction of sp³-hybridized carbons (Fsp3) is 0.222. The van der Waals surface area contributed by atoms with Crippen LogP contribution in [0.15, 0.2) is 24.3 Å². The molecule has 1 aromatic rings. The number of benzene rings is 1. The molecule has 1 atom stereocenters. The van der Waals surface area contributed by atoms with Crippen molar-refractivity contribution in [2.75, 3.05) is 5.32 Å². The lowest BCUT2D eigenvalue weighted by molar-refractivity contribution is -0.115.